The molecule has 1 aromatic carbocycles. The number of nitrogens with one attached hydrogen (secondary N) is 2. The molecule has 3 aromatic heterocycles. The third-order valence-electron chi connectivity index (χ3n) is 7.00. The van der Waals surface area contributed by atoms with E-state index in [2.05, 4.69) is 20.4 Å². The zero-order valence-electron chi connectivity index (χ0n) is 23.5. The molecule has 5 rings (SSSR count). The Morgan fingerprint density at radius 1 is 1.21 bits per heavy atom. The van der Waals surface area contributed by atoms with Crippen LogP contribution in [0.5, 0.6) is 5.88 Å². The SMILES string of the molecule is COCCOCCOc1cc(C)c(-c2cc3c(N[C@@H]4CCC(=N)C4)c(C(N)=Nc4cc(F)ccc4Cl)cnn3c2)cn1. The van der Waals surface area contributed by atoms with Gasteiger partial charge in [-0.3, -0.25) is 0 Å². The first-order valence-corrected chi connectivity index (χ1v) is 14.0. The summed E-state index contributed by atoms with van der Waals surface area (Å²) in [6.45, 7) is 3.88. The van der Waals surface area contributed by atoms with E-state index in [9.17, 15) is 4.39 Å². The van der Waals surface area contributed by atoms with Gasteiger partial charge in [0.25, 0.3) is 0 Å². The number of nitrogens with zero attached hydrogens (tertiary/aromatic N) is 4. The second kappa shape index (κ2) is 13.3. The Morgan fingerprint density at radius 3 is 2.81 bits per heavy atom. The Morgan fingerprint density at radius 2 is 2.05 bits per heavy atom. The molecule has 1 saturated carbocycles. The van der Waals surface area contributed by atoms with Gasteiger partial charge in [-0.05, 0) is 43.5 Å². The number of hydrogen-bond acceptors (Lipinski definition) is 8. The van der Waals surface area contributed by atoms with Gasteiger partial charge in [-0.2, -0.15) is 5.10 Å². The molecular formula is C30H33ClFN7O3. The molecule has 0 radical (unpaired) electrons. The van der Waals surface area contributed by atoms with Crippen molar-refractivity contribution in [3.63, 3.8) is 0 Å². The topological polar surface area (TPSA) is 132 Å². The highest BCUT2D eigenvalue weighted by molar-refractivity contribution is 6.33. The molecular weight excluding hydrogens is 561 g/mol. The summed E-state index contributed by atoms with van der Waals surface area (Å²) >= 11 is 6.25. The number of hydrogen-bond donors (Lipinski definition) is 3. The van der Waals surface area contributed by atoms with Crippen LogP contribution >= 0.6 is 11.6 Å². The average molecular weight is 594 g/mol. The Labute approximate surface area is 248 Å². The van der Waals surface area contributed by atoms with Gasteiger partial charge in [0, 0.05) is 60.9 Å². The van der Waals surface area contributed by atoms with Crippen molar-refractivity contribution in [2.45, 2.75) is 32.2 Å². The van der Waals surface area contributed by atoms with Gasteiger partial charge < -0.3 is 30.7 Å². The number of benzene rings is 1. The number of ether oxygens (including phenoxy) is 3. The maximum absolute atomic E-state index is 13.9. The lowest BCUT2D eigenvalue weighted by Gasteiger charge is -2.18. The smallest absolute Gasteiger partial charge is 0.213 e. The second-order valence-corrected chi connectivity index (χ2v) is 10.5. The zero-order valence-corrected chi connectivity index (χ0v) is 24.2. The Bertz CT molecular complexity index is 1620. The monoisotopic (exact) mass is 593 g/mol. The van der Waals surface area contributed by atoms with Gasteiger partial charge in [0.15, 0.2) is 0 Å². The second-order valence-electron chi connectivity index (χ2n) is 10.1. The Hall–Kier alpha value is -4.06. The van der Waals surface area contributed by atoms with Crippen LogP contribution in [0.15, 0.2) is 53.9 Å². The van der Waals surface area contributed by atoms with Gasteiger partial charge in [-0.1, -0.05) is 11.6 Å². The van der Waals surface area contributed by atoms with E-state index in [1.165, 1.54) is 18.2 Å². The minimum atomic E-state index is -0.464. The fourth-order valence-electron chi connectivity index (χ4n) is 4.85. The van der Waals surface area contributed by atoms with E-state index in [4.69, 9.17) is 37.0 Å². The molecule has 0 unspecified atom stereocenters. The van der Waals surface area contributed by atoms with E-state index in [0.717, 1.165) is 40.7 Å². The van der Waals surface area contributed by atoms with Gasteiger partial charge in [-0.15, -0.1) is 0 Å². The number of nitrogens with two attached hydrogens (primary N) is 1. The third kappa shape index (κ3) is 6.87. The molecule has 0 saturated heterocycles. The summed E-state index contributed by atoms with van der Waals surface area (Å²) in [6.07, 6.45) is 7.53. The van der Waals surface area contributed by atoms with Crippen molar-refractivity contribution in [3.8, 4) is 17.0 Å². The normalized spacial score (nSPS) is 15.5. The van der Waals surface area contributed by atoms with Gasteiger partial charge >= 0.3 is 0 Å². The molecule has 0 bridgehead atoms. The standard InChI is InChI=1S/C30H33ClFN7O3/c1-18-11-28(42-10-9-41-8-7-40-2)35-15-23(18)19-12-27-29(37-22-5-4-21(33)14-22)24(16-36-39(27)17-19)30(34)38-26-13-20(32)3-6-25(26)31/h3,6,11-13,15-17,22,33,37H,4-5,7-10,14H2,1-2H3,(H2,34,38)/t22-/m1/s1. The minimum absolute atomic E-state index is 0.0599. The summed E-state index contributed by atoms with van der Waals surface area (Å²) in [7, 11) is 1.63. The van der Waals surface area contributed by atoms with E-state index >= 15 is 0 Å². The number of fused-ring (bicyclic) bond motifs is 1. The maximum atomic E-state index is 13.9. The average Bonchev–Trinajstić information content (AvgIpc) is 3.58. The predicted molar refractivity (Wildman–Crippen MR) is 162 cm³/mol. The van der Waals surface area contributed by atoms with Gasteiger partial charge in [0.05, 0.1) is 53.5 Å². The molecule has 0 spiro atoms. The Balaban J connectivity index is 1.46. The van der Waals surface area contributed by atoms with Gasteiger partial charge in [0.1, 0.15) is 18.3 Å². The van der Waals surface area contributed by atoms with Crippen LogP contribution in [0.2, 0.25) is 5.02 Å². The zero-order chi connectivity index (χ0) is 29.6. The number of methoxy groups -OCH3 is 1. The third-order valence-corrected chi connectivity index (χ3v) is 7.32. The summed E-state index contributed by atoms with van der Waals surface area (Å²) in [5, 5.41) is 16.6. The van der Waals surface area contributed by atoms with E-state index in [-0.39, 0.29) is 22.6 Å². The first-order valence-electron chi connectivity index (χ1n) is 13.6. The quantitative estimate of drug-likeness (QED) is 0.111. The summed E-state index contributed by atoms with van der Waals surface area (Å²) in [6, 6.07) is 7.91. The molecule has 0 amide bonds. The van der Waals surface area contributed by atoms with Crippen molar-refractivity contribution in [2.24, 2.45) is 10.7 Å². The van der Waals surface area contributed by atoms with E-state index in [0.29, 0.717) is 50.0 Å². The summed E-state index contributed by atoms with van der Waals surface area (Å²) in [4.78, 5) is 8.92. The maximum Gasteiger partial charge on any atom is 0.213 e. The van der Waals surface area contributed by atoms with Crippen LogP contribution < -0.4 is 15.8 Å². The number of pyridine rings is 1. The molecule has 42 heavy (non-hydrogen) atoms. The molecule has 1 fully saturated rings. The van der Waals surface area contributed by atoms with Crippen molar-refractivity contribution < 1.29 is 18.6 Å². The number of aliphatic imine (C=N–C) groups is 1. The minimum Gasteiger partial charge on any atom is -0.475 e. The molecule has 0 aliphatic heterocycles. The molecule has 1 aliphatic rings. The lowest BCUT2D eigenvalue weighted by Crippen LogP contribution is -2.22. The van der Waals surface area contributed by atoms with E-state index in [1.54, 1.807) is 24.0 Å². The molecule has 1 atom stereocenters. The van der Waals surface area contributed by atoms with E-state index < -0.39 is 5.82 Å². The molecule has 1 aliphatic carbocycles. The van der Waals surface area contributed by atoms with Crippen molar-refractivity contribution in [1.82, 2.24) is 14.6 Å². The summed E-state index contributed by atoms with van der Waals surface area (Å²) in [5.74, 6) is 0.192. The fraction of sp³-hybridized carbons (Fsp3) is 0.333. The molecule has 10 nitrogen and oxygen atoms in total. The van der Waals surface area contributed by atoms with Crippen molar-refractivity contribution in [3.05, 3.63) is 70.9 Å². The van der Waals surface area contributed by atoms with Crippen molar-refractivity contribution in [1.29, 1.82) is 5.41 Å². The highest BCUT2D eigenvalue weighted by Gasteiger charge is 2.23. The lowest BCUT2D eigenvalue weighted by molar-refractivity contribution is 0.0537. The number of aryl methyl sites for hydroxylation is 1. The van der Waals surface area contributed by atoms with Crippen LogP contribution in [0.25, 0.3) is 16.6 Å². The van der Waals surface area contributed by atoms with Crippen LogP contribution in [0, 0.1) is 18.2 Å². The van der Waals surface area contributed by atoms with Crippen LogP contribution in [-0.4, -0.2) is 65.7 Å². The van der Waals surface area contributed by atoms with Gasteiger partial charge in [0.2, 0.25) is 5.88 Å². The highest BCUT2D eigenvalue weighted by Crippen LogP contribution is 2.33. The van der Waals surface area contributed by atoms with Crippen molar-refractivity contribution in [2.75, 3.05) is 38.9 Å². The number of anilines is 1. The fourth-order valence-corrected chi connectivity index (χ4v) is 5.01. The van der Waals surface area contributed by atoms with Crippen LogP contribution in [0.1, 0.15) is 30.4 Å². The number of rotatable bonds is 12. The van der Waals surface area contributed by atoms with Gasteiger partial charge in [-0.25, -0.2) is 18.9 Å². The predicted octanol–water partition coefficient (Wildman–Crippen LogP) is 5.56. The van der Waals surface area contributed by atoms with Crippen LogP contribution in [-0.2, 0) is 9.47 Å². The number of amidine groups is 1. The molecule has 220 valence electrons. The first kappa shape index (κ1) is 29.4. The molecule has 4 aromatic rings. The van der Waals surface area contributed by atoms with Crippen molar-refractivity contribution >= 4 is 40.0 Å². The van der Waals surface area contributed by atoms with E-state index in [1.807, 2.05) is 25.3 Å². The van der Waals surface area contributed by atoms with Crippen LogP contribution in [0.3, 0.4) is 0 Å². The summed E-state index contributed by atoms with van der Waals surface area (Å²) < 4.78 is 31.8. The number of aromatic nitrogens is 3. The highest BCUT2D eigenvalue weighted by atomic mass is 35.5. The summed E-state index contributed by atoms with van der Waals surface area (Å²) in [5.41, 5.74) is 12.3. The molecule has 12 heteroatoms. The number of halogens is 2. The largest absolute Gasteiger partial charge is 0.475 e. The molecule has 4 N–H and O–H groups in total. The van der Waals surface area contributed by atoms with Crippen LogP contribution in [0.4, 0.5) is 15.8 Å². The first-order chi connectivity index (χ1) is 20.3. The lowest BCUT2D eigenvalue weighted by atomic mass is 10.1. The molecule has 3 heterocycles. The Kier molecular flexibility index (Phi) is 9.31.